The Morgan fingerprint density at radius 2 is 2.10 bits per heavy atom. The van der Waals surface area contributed by atoms with Gasteiger partial charge in [-0.2, -0.15) is 10.1 Å². The number of hydrogen-bond acceptors (Lipinski definition) is 5. The van der Waals surface area contributed by atoms with Crippen molar-refractivity contribution in [1.29, 1.82) is 0 Å². The van der Waals surface area contributed by atoms with Crippen molar-refractivity contribution in [3.05, 3.63) is 34.4 Å². The zero-order chi connectivity index (χ0) is 15.2. The Morgan fingerprint density at radius 3 is 2.81 bits per heavy atom. The molecule has 2 aromatic rings. The largest absolute Gasteiger partial charge is 0.353 e. The minimum atomic E-state index is 0.551. The van der Waals surface area contributed by atoms with E-state index in [0.29, 0.717) is 17.7 Å². The number of nitrogens with one attached hydrogen (secondary N) is 2. The van der Waals surface area contributed by atoms with Crippen LogP contribution >= 0.6 is 15.9 Å². The van der Waals surface area contributed by atoms with Gasteiger partial charge < -0.3 is 10.6 Å². The second kappa shape index (κ2) is 7.36. The average Bonchev–Trinajstić information content (AvgIpc) is 2.42. The fraction of sp³-hybridized carbons (Fsp3) is 0.400. The van der Waals surface area contributed by atoms with Gasteiger partial charge in [-0.25, -0.2) is 0 Å². The highest BCUT2D eigenvalue weighted by molar-refractivity contribution is 9.10. The third-order valence-electron chi connectivity index (χ3n) is 3.01. The molecule has 2 N–H and O–H groups in total. The molecule has 1 aromatic heterocycles. The summed E-state index contributed by atoms with van der Waals surface area (Å²) in [5, 5.41) is 14.4. The van der Waals surface area contributed by atoms with Gasteiger partial charge in [0.2, 0.25) is 5.95 Å². The Kier molecular flexibility index (Phi) is 5.50. The summed E-state index contributed by atoms with van der Waals surface area (Å²) in [5.74, 6) is 1.88. The Morgan fingerprint density at radius 1 is 1.29 bits per heavy atom. The van der Waals surface area contributed by atoms with Crippen LogP contribution in [0.25, 0.3) is 0 Å². The topological polar surface area (TPSA) is 62.7 Å². The van der Waals surface area contributed by atoms with E-state index in [0.717, 1.165) is 28.7 Å². The first-order chi connectivity index (χ1) is 10.0. The van der Waals surface area contributed by atoms with E-state index in [9.17, 15) is 0 Å². The zero-order valence-electron chi connectivity index (χ0n) is 12.5. The predicted molar refractivity (Wildman–Crippen MR) is 89.9 cm³/mol. The van der Waals surface area contributed by atoms with Gasteiger partial charge in [-0.15, -0.1) is 5.10 Å². The summed E-state index contributed by atoms with van der Waals surface area (Å²) in [6.45, 7) is 7.27. The monoisotopic (exact) mass is 349 g/mol. The van der Waals surface area contributed by atoms with Crippen LogP contribution in [-0.4, -0.2) is 21.7 Å². The molecule has 2 rings (SSSR count). The van der Waals surface area contributed by atoms with Crippen molar-refractivity contribution in [3.8, 4) is 0 Å². The lowest BCUT2D eigenvalue weighted by Crippen LogP contribution is -2.09. The van der Waals surface area contributed by atoms with E-state index < -0.39 is 0 Å². The van der Waals surface area contributed by atoms with Crippen molar-refractivity contribution in [1.82, 2.24) is 15.2 Å². The van der Waals surface area contributed by atoms with Crippen LogP contribution in [0.2, 0.25) is 0 Å². The van der Waals surface area contributed by atoms with E-state index >= 15 is 0 Å². The summed E-state index contributed by atoms with van der Waals surface area (Å²) in [7, 11) is 0. The SMILES string of the molecule is Cc1cc(Br)ccc1Nc1cnnc(NCCC(C)C)n1. The van der Waals surface area contributed by atoms with Crippen molar-refractivity contribution in [2.75, 3.05) is 17.2 Å². The number of nitrogens with zero attached hydrogens (tertiary/aromatic N) is 3. The van der Waals surface area contributed by atoms with Crippen LogP contribution < -0.4 is 10.6 Å². The van der Waals surface area contributed by atoms with Gasteiger partial charge in [0.25, 0.3) is 0 Å². The van der Waals surface area contributed by atoms with Gasteiger partial charge in [-0.3, -0.25) is 0 Å². The van der Waals surface area contributed by atoms with E-state index in [1.807, 2.05) is 19.1 Å². The summed E-state index contributed by atoms with van der Waals surface area (Å²) < 4.78 is 1.06. The highest BCUT2D eigenvalue weighted by atomic mass is 79.9. The quantitative estimate of drug-likeness (QED) is 0.820. The Labute approximate surface area is 133 Å². The van der Waals surface area contributed by atoms with Crippen LogP contribution in [0.4, 0.5) is 17.5 Å². The summed E-state index contributed by atoms with van der Waals surface area (Å²) in [6, 6.07) is 6.05. The molecule has 0 bridgehead atoms. The minimum absolute atomic E-state index is 0.551. The maximum atomic E-state index is 4.42. The fourth-order valence-corrected chi connectivity index (χ4v) is 2.29. The molecule has 0 amide bonds. The second-order valence-electron chi connectivity index (χ2n) is 5.36. The molecule has 0 radical (unpaired) electrons. The first kappa shape index (κ1) is 15.7. The molecule has 0 unspecified atom stereocenters. The number of hydrogen-bond donors (Lipinski definition) is 2. The van der Waals surface area contributed by atoms with E-state index in [1.54, 1.807) is 6.20 Å². The fourth-order valence-electron chi connectivity index (χ4n) is 1.82. The van der Waals surface area contributed by atoms with E-state index in [1.165, 1.54) is 0 Å². The highest BCUT2D eigenvalue weighted by Gasteiger charge is 2.04. The standard InChI is InChI=1S/C15H20BrN5/c1-10(2)6-7-17-15-20-14(9-18-21-15)19-13-5-4-12(16)8-11(13)3/h4-5,8-10H,6-7H2,1-3H3,(H2,17,19,20,21). The summed E-state index contributed by atoms with van der Waals surface area (Å²) in [4.78, 5) is 4.42. The first-order valence-corrected chi connectivity index (χ1v) is 7.80. The molecule has 0 saturated carbocycles. The summed E-state index contributed by atoms with van der Waals surface area (Å²) in [5.41, 5.74) is 2.14. The predicted octanol–water partition coefficient (Wildman–Crippen LogP) is 4.14. The van der Waals surface area contributed by atoms with E-state index in [-0.39, 0.29) is 0 Å². The molecule has 21 heavy (non-hydrogen) atoms. The lowest BCUT2D eigenvalue weighted by atomic mass is 10.1. The van der Waals surface area contributed by atoms with Crippen molar-refractivity contribution in [3.63, 3.8) is 0 Å². The lowest BCUT2D eigenvalue weighted by Gasteiger charge is -2.10. The van der Waals surface area contributed by atoms with Crippen molar-refractivity contribution in [2.45, 2.75) is 27.2 Å². The third kappa shape index (κ3) is 4.97. The molecule has 0 aliphatic carbocycles. The van der Waals surface area contributed by atoms with Crippen LogP contribution in [0.1, 0.15) is 25.8 Å². The summed E-state index contributed by atoms with van der Waals surface area (Å²) >= 11 is 3.46. The molecule has 0 saturated heterocycles. The Hall–Kier alpha value is -1.69. The molecule has 0 atom stereocenters. The highest BCUT2D eigenvalue weighted by Crippen LogP contribution is 2.22. The molecule has 0 spiro atoms. The first-order valence-electron chi connectivity index (χ1n) is 7.01. The van der Waals surface area contributed by atoms with Crippen LogP contribution in [0, 0.1) is 12.8 Å². The van der Waals surface area contributed by atoms with Crippen LogP contribution in [0.15, 0.2) is 28.9 Å². The van der Waals surface area contributed by atoms with Gasteiger partial charge >= 0.3 is 0 Å². The second-order valence-corrected chi connectivity index (χ2v) is 6.27. The molecule has 1 aromatic carbocycles. The molecule has 5 nitrogen and oxygen atoms in total. The maximum absolute atomic E-state index is 4.42. The number of rotatable bonds is 6. The molecule has 0 aliphatic heterocycles. The van der Waals surface area contributed by atoms with Crippen LogP contribution in [0.3, 0.4) is 0 Å². The normalized spacial score (nSPS) is 10.7. The number of halogens is 1. The van der Waals surface area contributed by atoms with Gasteiger partial charge in [0.15, 0.2) is 5.82 Å². The molecule has 0 fully saturated rings. The lowest BCUT2D eigenvalue weighted by molar-refractivity contribution is 0.605. The smallest absolute Gasteiger partial charge is 0.244 e. The number of aryl methyl sites for hydroxylation is 1. The molecule has 1 heterocycles. The molecule has 0 aliphatic rings. The van der Waals surface area contributed by atoms with E-state index in [4.69, 9.17) is 0 Å². The van der Waals surface area contributed by atoms with Gasteiger partial charge in [-0.1, -0.05) is 29.8 Å². The van der Waals surface area contributed by atoms with Crippen molar-refractivity contribution < 1.29 is 0 Å². The Balaban J connectivity index is 2.03. The summed E-state index contributed by atoms with van der Waals surface area (Å²) in [6.07, 6.45) is 2.70. The number of aromatic nitrogens is 3. The number of benzene rings is 1. The van der Waals surface area contributed by atoms with Crippen LogP contribution in [0.5, 0.6) is 0 Å². The van der Waals surface area contributed by atoms with E-state index in [2.05, 4.69) is 61.7 Å². The van der Waals surface area contributed by atoms with Crippen LogP contribution in [-0.2, 0) is 0 Å². The molecular weight excluding hydrogens is 330 g/mol. The Bertz CT molecular complexity index is 600. The molecule has 112 valence electrons. The average molecular weight is 350 g/mol. The van der Waals surface area contributed by atoms with Gasteiger partial charge in [0.1, 0.15) is 0 Å². The maximum Gasteiger partial charge on any atom is 0.244 e. The van der Waals surface area contributed by atoms with Gasteiger partial charge in [-0.05, 0) is 43.0 Å². The van der Waals surface area contributed by atoms with Crippen molar-refractivity contribution >= 4 is 33.4 Å². The molecular formula is C15H20BrN5. The zero-order valence-corrected chi connectivity index (χ0v) is 14.1. The van der Waals surface area contributed by atoms with Gasteiger partial charge in [0.05, 0.1) is 6.20 Å². The number of anilines is 3. The minimum Gasteiger partial charge on any atom is -0.353 e. The third-order valence-corrected chi connectivity index (χ3v) is 3.51. The van der Waals surface area contributed by atoms with Crippen molar-refractivity contribution in [2.24, 2.45) is 5.92 Å². The van der Waals surface area contributed by atoms with Gasteiger partial charge in [0, 0.05) is 16.7 Å². The molecule has 6 heteroatoms.